The van der Waals surface area contributed by atoms with Crippen molar-refractivity contribution in [1.29, 1.82) is 0 Å². The summed E-state index contributed by atoms with van der Waals surface area (Å²) in [6, 6.07) is 4.12. The Bertz CT molecular complexity index is 402. The molecule has 0 heterocycles. The van der Waals surface area contributed by atoms with E-state index in [1.54, 1.807) is 0 Å². The van der Waals surface area contributed by atoms with E-state index in [1.807, 2.05) is 0 Å². The molecular weight excluding hydrogens is 301 g/mol. The first kappa shape index (κ1) is 12.7. The van der Waals surface area contributed by atoms with Gasteiger partial charge < -0.3 is 9.47 Å². The molecule has 0 aromatic heterocycles. The third kappa shape index (κ3) is 4.20. The zero-order valence-electron chi connectivity index (χ0n) is 8.76. The van der Waals surface area contributed by atoms with E-state index < -0.39 is 6.36 Å². The minimum Gasteiger partial charge on any atom is -0.406 e. The van der Waals surface area contributed by atoms with E-state index >= 15 is 0 Å². The van der Waals surface area contributed by atoms with Gasteiger partial charge in [-0.15, -0.1) is 13.2 Å². The fourth-order valence-corrected chi connectivity index (χ4v) is 1.66. The lowest BCUT2D eigenvalue weighted by molar-refractivity contribution is -0.274. The molecule has 0 atom stereocenters. The van der Waals surface area contributed by atoms with Crippen LogP contribution in [0.2, 0.25) is 0 Å². The largest absolute Gasteiger partial charge is 0.573 e. The minimum atomic E-state index is -4.66. The van der Waals surface area contributed by atoms with Gasteiger partial charge in [0.25, 0.3) is 0 Å². The van der Waals surface area contributed by atoms with Gasteiger partial charge in [0.15, 0.2) is 0 Å². The number of halogens is 4. The van der Waals surface area contributed by atoms with Crippen molar-refractivity contribution in [2.45, 2.75) is 31.9 Å². The number of ether oxygens (including phenoxy) is 2. The van der Waals surface area contributed by atoms with E-state index in [1.165, 1.54) is 18.2 Å². The fraction of sp³-hybridized carbons (Fsp3) is 0.455. The normalized spacial score (nSPS) is 16.0. The van der Waals surface area contributed by atoms with Crippen molar-refractivity contribution >= 4 is 15.9 Å². The van der Waals surface area contributed by atoms with Crippen LogP contribution in [-0.2, 0) is 11.3 Å². The van der Waals surface area contributed by atoms with E-state index in [0.717, 1.165) is 12.8 Å². The molecule has 1 aromatic carbocycles. The Balaban J connectivity index is 2.05. The highest BCUT2D eigenvalue weighted by molar-refractivity contribution is 9.10. The molecule has 17 heavy (non-hydrogen) atoms. The highest BCUT2D eigenvalue weighted by Gasteiger charge is 2.31. The van der Waals surface area contributed by atoms with E-state index in [-0.39, 0.29) is 11.9 Å². The van der Waals surface area contributed by atoms with E-state index in [0.29, 0.717) is 16.6 Å². The maximum atomic E-state index is 12.0. The van der Waals surface area contributed by atoms with Crippen molar-refractivity contribution < 1.29 is 22.6 Å². The molecule has 0 N–H and O–H groups in total. The standard InChI is InChI=1S/C11H10BrF3O2/c12-10-4-3-9(17-11(13,14)15)5-7(10)6-16-8-1-2-8/h3-5,8H,1-2,6H2. The van der Waals surface area contributed by atoms with Crippen LogP contribution in [0.5, 0.6) is 5.75 Å². The Morgan fingerprint density at radius 2 is 2.00 bits per heavy atom. The molecule has 0 bridgehead atoms. The summed E-state index contributed by atoms with van der Waals surface area (Å²) >= 11 is 3.26. The summed E-state index contributed by atoms with van der Waals surface area (Å²) in [5, 5.41) is 0. The van der Waals surface area contributed by atoms with Gasteiger partial charge in [0.2, 0.25) is 0 Å². The van der Waals surface area contributed by atoms with Crippen molar-refractivity contribution in [1.82, 2.24) is 0 Å². The fourth-order valence-electron chi connectivity index (χ4n) is 1.30. The highest BCUT2D eigenvalue weighted by Crippen LogP contribution is 2.30. The third-order valence-electron chi connectivity index (χ3n) is 2.25. The van der Waals surface area contributed by atoms with Crippen molar-refractivity contribution in [3.63, 3.8) is 0 Å². The Labute approximate surface area is 105 Å². The van der Waals surface area contributed by atoms with Crippen molar-refractivity contribution in [2.24, 2.45) is 0 Å². The SMILES string of the molecule is FC(F)(F)Oc1ccc(Br)c(COC2CC2)c1. The second-order valence-corrected chi connectivity index (χ2v) is 4.67. The van der Waals surface area contributed by atoms with Gasteiger partial charge in [0, 0.05) is 4.47 Å². The smallest absolute Gasteiger partial charge is 0.406 e. The summed E-state index contributed by atoms with van der Waals surface area (Å²) in [7, 11) is 0. The summed E-state index contributed by atoms with van der Waals surface area (Å²) < 4.78 is 46.1. The maximum absolute atomic E-state index is 12.0. The minimum absolute atomic E-state index is 0.227. The topological polar surface area (TPSA) is 18.5 Å². The molecule has 1 saturated carbocycles. The summed E-state index contributed by atoms with van der Waals surface area (Å²) in [5.74, 6) is -0.227. The maximum Gasteiger partial charge on any atom is 0.573 e. The second kappa shape index (κ2) is 4.86. The van der Waals surface area contributed by atoms with Gasteiger partial charge in [0.05, 0.1) is 12.7 Å². The number of hydrogen-bond donors (Lipinski definition) is 0. The van der Waals surface area contributed by atoms with Crippen LogP contribution in [0.3, 0.4) is 0 Å². The van der Waals surface area contributed by atoms with Crippen LogP contribution in [0.25, 0.3) is 0 Å². The lowest BCUT2D eigenvalue weighted by Gasteiger charge is -2.11. The monoisotopic (exact) mass is 310 g/mol. The lowest BCUT2D eigenvalue weighted by atomic mass is 10.2. The summed E-state index contributed by atoms with van der Waals surface area (Å²) in [6.07, 6.45) is -2.36. The van der Waals surface area contributed by atoms with Crippen LogP contribution >= 0.6 is 15.9 Å². The molecule has 94 valence electrons. The summed E-state index contributed by atoms with van der Waals surface area (Å²) in [5.41, 5.74) is 0.652. The number of alkyl halides is 3. The van der Waals surface area contributed by atoms with Crippen molar-refractivity contribution in [3.05, 3.63) is 28.2 Å². The lowest BCUT2D eigenvalue weighted by Crippen LogP contribution is -2.17. The molecule has 2 rings (SSSR count). The number of benzene rings is 1. The van der Waals surface area contributed by atoms with Crippen LogP contribution in [0.1, 0.15) is 18.4 Å². The van der Waals surface area contributed by atoms with Crippen LogP contribution < -0.4 is 4.74 Å². The van der Waals surface area contributed by atoms with Crippen LogP contribution in [0.15, 0.2) is 22.7 Å². The number of hydrogen-bond acceptors (Lipinski definition) is 2. The summed E-state index contributed by atoms with van der Waals surface area (Å²) in [4.78, 5) is 0. The third-order valence-corrected chi connectivity index (χ3v) is 3.02. The number of rotatable bonds is 4. The molecular formula is C11H10BrF3O2. The summed E-state index contributed by atoms with van der Waals surface area (Å²) in [6.45, 7) is 0.292. The van der Waals surface area contributed by atoms with Crippen molar-refractivity contribution in [2.75, 3.05) is 0 Å². The Morgan fingerprint density at radius 3 is 2.59 bits per heavy atom. The first-order valence-corrected chi connectivity index (χ1v) is 5.89. The zero-order chi connectivity index (χ0) is 12.5. The van der Waals surface area contributed by atoms with Crippen LogP contribution in [0.4, 0.5) is 13.2 Å². The van der Waals surface area contributed by atoms with E-state index in [9.17, 15) is 13.2 Å². The molecule has 0 aliphatic heterocycles. The van der Waals surface area contributed by atoms with Crippen LogP contribution in [0, 0.1) is 0 Å². The first-order valence-electron chi connectivity index (χ1n) is 5.10. The zero-order valence-corrected chi connectivity index (χ0v) is 10.3. The highest BCUT2D eigenvalue weighted by atomic mass is 79.9. The first-order chi connectivity index (χ1) is 7.94. The van der Waals surface area contributed by atoms with Gasteiger partial charge in [-0.3, -0.25) is 0 Å². The predicted octanol–water partition coefficient (Wildman–Crippen LogP) is 4.03. The molecule has 0 radical (unpaired) electrons. The Hall–Kier alpha value is -0.750. The Kier molecular flexibility index (Phi) is 3.63. The van der Waals surface area contributed by atoms with Gasteiger partial charge in [-0.05, 0) is 36.6 Å². The molecule has 1 aliphatic rings. The van der Waals surface area contributed by atoms with Gasteiger partial charge >= 0.3 is 6.36 Å². The van der Waals surface area contributed by atoms with Crippen LogP contribution in [-0.4, -0.2) is 12.5 Å². The molecule has 6 heteroatoms. The quantitative estimate of drug-likeness (QED) is 0.836. The van der Waals surface area contributed by atoms with E-state index in [2.05, 4.69) is 20.7 Å². The molecule has 0 saturated heterocycles. The molecule has 0 spiro atoms. The van der Waals surface area contributed by atoms with Gasteiger partial charge in [-0.2, -0.15) is 0 Å². The molecule has 0 unspecified atom stereocenters. The predicted molar refractivity (Wildman–Crippen MR) is 58.6 cm³/mol. The molecule has 1 aromatic rings. The molecule has 2 nitrogen and oxygen atoms in total. The Morgan fingerprint density at radius 1 is 1.29 bits per heavy atom. The average Bonchev–Trinajstić information content (AvgIpc) is 3.00. The van der Waals surface area contributed by atoms with Gasteiger partial charge in [0.1, 0.15) is 5.75 Å². The molecule has 0 amide bonds. The van der Waals surface area contributed by atoms with Gasteiger partial charge in [-0.1, -0.05) is 15.9 Å². The molecule has 1 aliphatic carbocycles. The average molecular weight is 311 g/mol. The molecule has 1 fully saturated rings. The van der Waals surface area contributed by atoms with Crippen molar-refractivity contribution in [3.8, 4) is 5.75 Å². The van der Waals surface area contributed by atoms with Gasteiger partial charge in [-0.25, -0.2) is 0 Å². The van der Waals surface area contributed by atoms with E-state index in [4.69, 9.17) is 4.74 Å². The second-order valence-electron chi connectivity index (χ2n) is 3.81.